The second-order valence-corrected chi connectivity index (χ2v) is 6.02. The van der Waals surface area contributed by atoms with Gasteiger partial charge in [0.2, 0.25) is 5.91 Å². The van der Waals surface area contributed by atoms with Crippen LogP contribution in [0.15, 0.2) is 6.07 Å². The number of amides is 1. The molecule has 0 bridgehead atoms. The monoisotopic (exact) mass is 283 g/mol. The molecule has 2 atom stereocenters. The number of carbonyl (C=O) groups excluding carboxylic acids is 1. The Morgan fingerprint density at radius 1 is 1.58 bits per heavy atom. The molecule has 1 aliphatic rings. The molecule has 1 amide bonds. The maximum atomic E-state index is 11.9. The first-order valence-corrected chi connectivity index (χ1v) is 6.98. The van der Waals surface area contributed by atoms with Crippen LogP contribution in [-0.4, -0.2) is 41.1 Å². The van der Waals surface area contributed by atoms with Crippen LogP contribution in [0.2, 0.25) is 0 Å². The van der Waals surface area contributed by atoms with Crippen LogP contribution in [0.4, 0.5) is 0 Å². The van der Waals surface area contributed by atoms with Gasteiger partial charge in [0, 0.05) is 16.3 Å². The van der Waals surface area contributed by atoms with Gasteiger partial charge in [0.25, 0.3) is 0 Å². The van der Waals surface area contributed by atoms with Crippen molar-refractivity contribution >= 4 is 23.2 Å². The SMILES string of the molecule is CCN1C(=O)COC(C(=O)O)C1c1cc(C)sc1C. The maximum Gasteiger partial charge on any atom is 0.335 e. The smallest absolute Gasteiger partial charge is 0.335 e. The standard InChI is InChI=1S/C13H17NO4S/c1-4-14-10(15)6-18-12(13(16)17)11(14)9-5-7(2)19-8(9)3/h5,11-12H,4,6H2,1-3H3,(H,16,17). The lowest BCUT2D eigenvalue weighted by Crippen LogP contribution is -2.51. The fraction of sp³-hybridized carbons (Fsp3) is 0.538. The molecular formula is C13H17NO4S. The summed E-state index contributed by atoms with van der Waals surface area (Å²) in [6.45, 7) is 6.08. The molecule has 0 aliphatic carbocycles. The molecule has 1 aromatic rings. The Labute approximate surface area is 115 Å². The van der Waals surface area contributed by atoms with Crippen LogP contribution in [0.25, 0.3) is 0 Å². The number of aliphatic carboxylic acids is 1. The van der Waals surface area contributed by atoms with Crippen molar-refractivity contribution in [3.63, 3.8) is 0 Å². The van der Waals surface area contributed by atoms with E-state index in [1.165, 1.54) is 0 Å². The average molecular weight is 283 g/mol. The highest BCUT2D eigenvalue weighted by atomic mass is 32.1. The van der Waals surface area contributed by atoms with Gasteiger partial charge in [-0.05, 0) is 32.4 Å². The molecule has 6 heteroatoms. The van der Waals surface area contributed by atoms with Crippen LogP contribution in [0.3, 0.4) is 0 Å². The number of hydrogen-bond donors (Lipinski definition) is 1. The molecule has 1 aromatic heterocycles. The predicted octanol–water partition coefficient (Wildman–Crippen LogP) is 1.74. The number of nitrogens with zero attached hydrogens (tertiary/aromatic N) is 1. The summed E-state index contributed by atoms with van der Waals surface area (Å²) >= 11 is 1.60. The molecule has 2 rings (SSSR count). The van der Waals surface area contributed by atoms with Crippen LogP contribution in [-0.2, 0) is 14.3 Å². The first-order chi connectivity index (χ1) is 8.95. The van der Waals surface area contributed by atoms with Crippen LogP contribution < -0.4 is 0 Å². The highest BCUT2D eigenvalue weighted by molar-refractivity contribution is 7.12. The number of thiophene rings is 1. The van der Waals surface area contributed by atoms with Crippen molar-refractivity contribution < 1.29 is 19.4 Å². The zero-order valence-electron chi connectivity index (χ0n) is 11.2. The summed E-state index contributed by atoms with van der Waals surface area (Å²) in [6, 6.07) is 1.42. The van der Waals surface area contributed by atoms with E-state index in [0.717, 1.165) is 15.3 Å². The van der Waals surface area contributed by atoms with Crippen molar-refractivity contribution in [1.82, 2.24) is 4.90 Å². The highest BCUT2D eigenvalue weighted by Crippen LogP contribution is 2.35. The molecule has 2 heterocycles. The Kier molecular flexibility index (Phi) is 3.91. The fourth-order valence-corrected chi connectivity index (χ4v) is 3.47. The van der Waals surface area contributed by atoms with Crippen molar-refractivity contribution in [3.05, 3.63) is 21.4 Å². The predicted molar refractivity (Wildman–Crippen MR) is 71.3 cm³/mol. The van der Waals surface area contributed by atoms with Gasteiger partial charge in [-0.3, -0.25) is 4.79 Å². The number of ether oxygens (including phenoxy) is 1. The van der Waals surface area contributed by atoms with Crippen molar-refractivity contribution in [2.45, 2.75) is 32.9 Å². The van der Waals surface area contributed by atoms with Crippen LogP contribution in [0.1, 0.15) is 28.3 Å². The van der Waals surface area contributed by atoms with Crippen molar-refractivity contribution in [1.29, 1.82) is 0 Å². The summed E-state index contributed by atoms with van der Waals surface area (Å²) in [6.07, 6.45) is -0.995. The molecule has 5 nitrogen and oxygen atoms in total. The molecule has 1 fully saturated rings. The van der Waals surface area contributed by atoms with Crippen molar-refractivity contribution in [2.24, 2.45) is 0 Å². The first kappa shape index (κ1) is 14.0. The number of carboxylic acid groups (broad SMARTS) is 1. The Morgan fingerprint density at radius 2 is 2.26 bits per heavy atom. The lowest BCUT2D eigenvalue weighted by Gasteiger charge is -2.38. The fourth-order valence-electron chi connectivity index (χ4n) is 2.51. The van der Waals surface area contributed by atoms with Gasteiger partial charge in [-0.1, -0.05) is 0 Å². The Balaban J connectivity index is 2.47. The highest BCUT2D eigenvalue weighted by Gasteiger charge is 2.42. The van der Waals surface area contributed by atoms with Gasteiger partial charge in [-0.2, -0.15) is 0 Å². The number of morpholine rings is 1. The third-order valence-electron chi connectivity index (χ3n) is 3.31. The zero-order valence-corrected chi connectivity index (χ0v) is 12.0. The second-order valence-electron chi connectivity index (χ2n) is 4.56. The Bertz CT molecular complexity index is 509. The second kappa shape index (κ2) is 5.30. The summed E-state index contributed by atoms with van der Waals surface area (Å²) in [5, 5.41) is 9.31. The quantitative estimate of drug-likeness (QED) is 0.917. The normalized spacial score (nSPS) is 23.7. The number of carboxylic acids is 1. The van der Waals surface area contributed by atoms with Gasteiger partial charge in [0.15, 0.2) is 6.10 Å². The van der Waals surface area contributed by atoms with Crippen molar-refractivity contribution in [3.8, 4) is 0 Å². The molecular weight excluding hydrogens is 266 g/mol. The summed E-state index contributed by atoms with van der Waals surface area (Å²) in [7, 11) is 0. The minimum absolute atomic E-state index is 0.159. The van der Waals surface area contributed by atoms with E-state index >= 15 is 0 Å². The van der Waals surface area contributed by atoms with Crippen LogP contribution >= 0.6 is 11.3 Å². The van der Waals surface area contributed by atoms with Crippen LogP contribution in [0, 0.1) is 13.8 Å². The average Bonchev–Trinajstić information content (AvgIpc) is 2.67. The summed E-state index contributed by atoms with van der Waals surface area (Å²) in [4.78, 5) is 27.0. The molecule has 0 radical (unpaired) electrons. The third kappa shape index (κ3) is 2.50. The van der Waals surface area contributed by atoms with Crippen LogP contribution in [0.5, 0.6) is 0 Å². The van der Waals surface area contributed by atoms with Gasteiger partial charge in [-0.15, -0.1) is 11.3 Å². The lowest BCUT2D eigenvalue weighted by molar-refractivity contribution is -0.172. The molecule has 0 aromatic carbocycles. The summed E-state index contributed by atoms with van der Waals surface area (Å²) in [5.74, 6) is -1.19. The summed E-state index contributed by atoms with van der Waals surface area (Å²) in [5.41, 5.74) is 0.879. The molecule has 1 N–H and O–H groups in total. The minimum atomic E-state index is -1.03. The van der Waals surface area contributed by atoms with Gasteiger partial charge >= 0.3 is 5.97 Å². The number of carbonyl (C=O) groups is 2. The van der Waals surface area contributed by atoms with Gasteiger partial charge < -0.3 is 14.7 Å². The lowest BCUT2D eigenvalue weighted by atomic mass is 9.98. The molecule has 104 valence electrons. The van der Waals surface area contributed by atoms with E-state index in [9.17, 15) is 14.7 Å². The number of aryl methyl sites for hydroxylation is 2. The van der Waals surface area contributed by atoms with Gasteiger partial charge in [0.05, 0.1) is 6.04 Å². The van der Waals surface area contributed by atoms with E-state index in [4.69, 9.17) is 4.74 Å². The van der Waals surface area contributed by atoms with E-state index in [0.29, 0.717) is 6.54 Å². The van der Waals surface area contributed by atoms with E-state index < -0.39 is 18.1 Å². The summed E-state index contributed by atoms with van der Waals surface area (Å²) < 4.78 is 5.23. The number of rotatable bonds is 3. The van der Waals surface area contributed by atoms with Crippen molar-refractivity contribution in [2.75, 3.05) is 13.2 Å². The molecule has 0 saturated carbocycles. The number of hydrogen-bond acceptors (Lipinski definition) is 4. The van der Waals surface area contributed by atoms with E-state index in [1.807, 2.05) is 26.8 Å². The van der Waals surface area contributed by atoms with E-state index in [2.05, 4.69) is 0 Å². The minimum Gasteiger partial charge on any atom is -0.479 e. The zero-order chi connectivity index (χ0) is 14.2. The largest absolute Gasteiger partial charge is 0.479 e. The van der Waals surface area contributed by atoms with E-state index in [1.54, 1.807) is 16.2 Å². The third-order valence-corrected chi connectivity index (χ3v) is 4.29. The molecule has 0 spiro atoms. The van der Waals surface area contributed by atoms with E-state index in [-0.39, 0.29) is 12.5 Å². The molecule has 19 heavy (non-hydrogen) atoms. The molecule has 1 saturated heterocycles. The first-order valence-electron chi connectivity index (χ1n) is 6.16. The Hall–Kier alpha value is -1.40. The topological polar surface area (TPSA) is 66.8 Å². The Morgan fingerprint density at radius 3 is 2.74 bits per heavy atom. The molecule has 2 unspecified atom stereocenters. The maximum absolute atomic E-state index is 11.9. The van der Waals surface area contributed by atoms with Gasteiger partial charge in [-0.25, -0.2) is 4.79 Å². The van der Waals surface area contributed by atoms with Gasteiger partial charge in [0.1, 0.15) is 6.61 Å². The number of likely N-dealkylation sites (N-methyl/N-ethyl adjacent to an activating group) is 1. The molecule has 1 aliphatic heterocycles.